The lowest BCUT2D eigenvalue weighted by Crippen LogP contribution is -2.36. The molecule has 70 valence electrons. The summed E-state index contributed by atoms with van der Waals surface area (Å²) < 4.78 is 0. The fourth-order valence-electron chi connectivity index (χ4n) is 3.57. The van der Waals surface area contributed by atoms with E-state index in [1.54, 1.807) is 0 Å². The summed E-state index contributed by atoms with van der Waals surface area (Å²) >= 11 is 0. The van der Waals surface area contributed by atoms with Crippen LogP contribution in [-0.4, -0.2) is 11.7 Å². The molecule has 2 saturated carbocycles. The van der Waals surface area contributed by atoms with Crippen molar-refractivity contribution in [3.8, 4) is 0 Å². The number of fused-ring (bicyclic) bond motifs is 2. The molecule has 0 aromatic heterocycles. The van der Waals surface area contributed by atoms with E-state index in [4.69, 9.17) is 0 Å². The van der Waals surface area contributed by atoms with Gasteiger partial charge in [-0.05, 0) is 42.4 Å². The molecule has 0 saturated heterocycles. The third-order valence-electron chi connectivity index (χ3n) is 4.47. The molecular weight excluding hydrogens is 148 g/mol. The van der Waals surface area contributed by atoms with E-state index in [0.717, 1.165) is 11.8 Å². The van der Waals surface area contributed by atoms with Crippen LogP contribution in [0.4, 0.5) is 0 Å². The van der Waals surface area contributed by atoms with Crippen LogP contribution in [0.25, 0.3) is 0 Å². The van der Waals surface area contributed by atoms with Crippen molar-refractivity contribution < 1.29 is 5.11 Å². The van der Waals surface area contributed by atoms with Gasteiger partial charge in [0.25, 0.3) is 0 Å². The minimum absolute atomic E-state index is 0.308. The third-order valence-corrected chi connectivity index (χ3v) is 4.47. The monoisotopic (exact) mass is 168 g/mol. The summed E-state index contributed by atoms with van der Waals surface area (Å²) in [4.78, 5) is 0. The lowest BCUT2D eigenvalue weighted by atomic mass is 9.66. The Bertz CT molecular complexity index is 176. The van der Waals surface area contributed by atoms with Gasteiger partial charge in [0.2, 0.25) is 0 Å². The van der Waals surface area contributed by atoms with Crippen molar-refractivity contribution in [3.05, 3.63) is 0 Å². The highest BCUT2D eigenvalue weighted by Crippen LogP contribution is 2.58. The first-order valence-corrected chi connectivity index (χ1v) is 5.30. The molecule has 2 aliphatic carbocycles. The van der Waals surface area contributed by atoms with Crippen molar-refractivity contribution >= 4 is 0 Å². The maximum Gasteiger partial charge on any atom is 0.0492 e. The third kappa shape index (κ3) is 0.953. The Balaban J connectivity index is 2.19. The molecule has 1 N–H and O–H groups in total. The van der Waals surface area contributed by atoms with Crippen LogP contribution in [-0.2, 0) is 0 Å². The SMILES string of the molecule is CC(C)[C@]1(CO)CC2CCC1C2. The van der Waals surface area contributed by atoms with E-state index >= 15 is 0 Å². The van der Waals surface area contributed by atoms with Crippen LogP contribution in [0.5, 0.6) is 0 Å². The Morgan fingerprint density at radius 2 is 2.17 bits per heavy atom. The molecule has 0 spiro atoms. The number of hydrogen-bond donors (Lipinski definition) is 1. The highest BCUT2D eigenvalue weighted by Gasteiger charge is 2.51. The summed E-state index contributed by atoms with van der Waals surface area (Å²) in [5, 5.41) is 9.51. The van der Waals surface area contributed by atoms with Gasteiger partial charge in [-0.2, -0.15) is 0 Å². The summed E-state index contributed by atoms with van der Waals surface area (Å²) in [5.74, 6) is 2.45. The fraction of sp³-hybridized carbons (Fsp3) is 1.00. The lowest BCUT2D eigenvalue weighted by molar-refractivity contribution is 0.0207. The second-order valence-corrected chi connectivity index (χ2v) is 5.13. The molecular formula is C11H20O. The Kier molecular flexibility index (Phi) is 1.95. The van der Waals surface area contributed by atoms with Gasteiger partial charge >= 0.3 is 0 Å². The molecule has 0 radical (unpaired) electrons. The topological polar surface area (TPSA) is 20.2 Å². The molecule has 2 aliphatic rings. The predicted octanol–water partition coefficient (Wildman–Crippen LogP) is 2.44. The Hall–Kier alpha value is -0.0400. The van der Waals surface area contributed by atoms with Crippen LogP contribution in [0.1, 0.15) is 39.5 Å². The zero-order valence-electron chi connectivity index (χ0n) is 8.21. The second kappa shape index (κ2) is 2.73. The van der Waals surface area contributed by atoms with Gasteiger partial charge in [0, 0.05) is 6.61 Å². The van der Waals surface area contributed by atoms with Gasteiger partial charge in [-0.15, -0.1) is 0 Å². The molecule has 0 heterocycles. The number of aliphatic hydroxyl groups is 1. The van der Waals surface area contributed by atoms with E-state index in [1.165, 1.54) is 25.7 Å². The van der Waals surface area contributed by atoms with Gasteiger partial charge in [0.15, 0.2) is 0 Å². The average molecular weight is 168 g/mol. The van der Waals surface area contributed by atoms with E-state index in [9.17, 15) is 5.11 Å². The maximum absolute atomic E-state index is 9.51. The first-order valence-electron chi connectivity index (χ1n) is 5.30. The largest absolute Gasteiger partial charge is 0.396 e. The van der Waals surface area contributed by atoms with E-state index in [2.05, 4.69) is 13.8 Å². The molecule has 2 rings (SSSR count). The zero-order chi connectivity index (χ0) is 8.77. The standard InChI is InChI=1S/C11H20O/c1-8(2)11(7-12)6-9-3-4-10(11)5-9/h8-10,12H,3-7H2,1-2H3/t9?,10?,11-/m1/s1. The van der Waals surface area contributed by atoms with E-state index < -0.39 is 0 Å². The van der Waals surface area contributed by atoms with Crippen LogP contribution in [0.3, 0.4) is 0 Å². The fourth-order valence-corrected chi connectivity index (χ4v) is 3.57. The summed E-state index contributed by atoms with van der Waals surface area (Å²) in [6.45, 7) is 4.97. The molecule has 2 bridgehead atoms. The Labute approximate surface area is 75.2 Å². The molecule has 0 amide bonds. The number of hydrogen-bond acceptors (Lipinski definition) is 1. The summed E-state index contributed by atoms with van der Waals surface area (Å²) in [5.41, 5.74) is 0.308. The number of rotatable bonds is 2. The van der Waals surface area contributed by atoms with Crippen LogP contribution in [0, 0.1) is 23.2 Å². The van der Waals surface area contributed by atoms with Gasteiger partial charge < -0.3 is 5.11 Å². The molecule has 1 heteroatoms. The maximum atomic E-state index is 9.51. The van der Waals surface area contributed by atoms with Crippen molar-refractivity contribution in [1.29, 1.82) is 0 Å². The van der Waals surface area contributed by atoms with Crippen LogP contribution in [0.15, 0.2) is 0 Å². The molecule has 2 unspecified atom stereocenters. The average Bonchev–Trinajstić information content (AvgIpc) is 2.62. The van der Waals surface area contributed by atoms with Crippen LogP contribution < -0.4 is 0 Å². The molecule has 12 heavy (non-hydrogen) atoms. The molecule has 0 aromatic carbocycles. The van der Waals surface area contributed by atoms with Gasteiger partial charge in [-0.25, -0.2) is 0 Å². The van der Waals surface area contributed by atoms with Crippen LogP contribution in [0.2, 0.25) is 0 Å². The predicted molar refractivity (Wildman–Crippen MR) is 49.8 cm³/mol. The highest BCUT2D eigenvalue weighted by atomic mass is 16.3. The quantitative estimate of drug-likeness (QED) is 0.671. The second-order valence-electron chi connectivity index (χ2n) is 5.13. The Morgan fingerprint density at radius 1 is 1.42 bits per heavy atom. The van der Waals surface area contributed by atoms with E-state index in [0.29, 0.717) is 17.9 Å². The van der Waals surface area contributed by atoms with Gasteiger partial charge in [0.1, 0.15) is 0 Å². The normalized spacial score (nSPS) is 46.0. The van der Waals surface area contributed by atoms with Gasteiger partial charge in [-0.1, -0.05) is 20.3 Å². The van der Waals surface area contributed by atoms with Gasteiger partial charge in [0.05, 0.1) is 0 Å². The van der Waals surface area contributed by atoms with Gasteiger partial charge in [-0.3, -0.25) is 0 Å². The first-order chi connectivity index (χ1) is 5.69. The van der Waals surface area contributed by atoms with E-state index in [-0.39, 0.29) is 0 Å². The lowest BCUT2D eigenvalue weighted by Gasteiger charge is -2.39. The summed E-state index contributed by atoms with van der Waals surface area (Å²) in [7, 11) is 0. The van der Waals surface area contributed by atoms with Crippen molar-refractivity contribution in [3.63, 3.8) is 0 Å². The molecule has 0 aromatic rings. The first kappa shape index (κ1) is 8.55. The number of aliphatic hydroxyl groups excluding tert-OH is 1. The molecule has 0 aliphatic heterocycles. The van der Waals surface area contributed by atoms with Crippen molar-refractivity contribution in [1.82, 2.24) is 0 Å². The van der Waals surface area contributed by atoms with Crippen molar-refractivity contribution in [2.45, 2.75) is 39.5 Å². The van der Waals surface area contributed by atoms with Crippen molar-refractivity contribution in [2.24, 2.45) is 23.2 Å². The van der Waals surface area contributed by atoms with E-state index in [1.807, 2.05) is 0 Å². The molecule has 1 nitrogen and oxygen atoms in total. The molecule has 3 atom stereocenters. The van der Waals surface area contributed by atoms with Crippen LogP contribution >= 0.6 is 0 Å². The smallest absolute Gasteiger partial charge is 0.0492 e. The molecule has 2 fully saturated rings. The summed E-state index contributed by atoms with van der Waals surface area (Å²) in [6, 6.07) is 0. The zero-order valence-corrected chi connectivity index (χ0v) is 8.21. The minimum atomic E-state index is 0.308. The summed E-state index contributed by atoms with van der Waals surface area (Å²) in [6.07, 6.45) is 5.51. The van der Waals surface area contributed by atoms with Crippen molar-refractivity contribution in [2.75, 3.05) is 6.61 Å². The minimum Gasteiger partial charge on any atom is -0.396 e. The Morgan fingerprint density at radius 3 is 2.42 bits per heavy atom. The highest BCUT2D eigenvalue weighted by molar-refractivity contribution is 5.01.